The van der Waals surface area contributed by atoms with Crippen LogP contribution in [-0.2, 0) is 6.54 Å². The predicted molar refractivity (Wildman–Crippen MR) is 96.9 cm³/mol. The number of methoxy groups -OCH3 is 1. The first kappa shape index (κ1) is 16.4. The average molecular weight is 351 g/mol. The molecule has 1 heterocycles. The standard InChI is InChI=1S/C18H20Cl2N2O/c1-23-16-7-5-15(6-8-16)22-11-9-21(10-12-22)13-14-3-2-4-17(19)18(14)20/h2-8H,9-13H2,1H3. The van der Waals surface area contributed by atoms with Crippen LogP contribution in [0.2, 0.25) is 10.0 Å². The molecule has 5 heteroatoms. The number of ether oxygens (including phenoxy) is 1. The Labute approximate surface area is 147 Å². The average Bonchev–Trinajstić information content (AvgIpc) is 2.60. The normalized spacial score (nSPS) is 15.7. The summed E-state index contributed by atoms with van der Waals surface area (Å²) in [6, 6.07) is 14.1. The Balaban J connectivity index is 1.58. The first-order valence-corrected chi connectivity index (χ1v) is 8.47. The van der Waals surface area contributed by atoms with Crippen LogP contribution in [0.4, 0.5) is 5.69 Å². The molecule has 0 bridgehead atoms. The summed E-state index contributed by atoms with van der Waals surface area (Å²) in [5.74, 6) is 0.892. The van der Waals surface area contributed by atoms with Crippen molar-refractivity contribution < 1.29 is 4.74 Å². The number of nitrogens with zero attached hydrogens (tertiary/aromatic N) is 2. The number of rotatable bonds is 4. The van der Waals surface area contributed by atoms with E-state index in [4.69, 9.17) is 27.9 Å². The van der Waals surface area contributed by atoms with Crippen LogP contribution < -0.4 is 9.64 Å². The van der Waals surface area contributed by atoms with Crippen LogP contribution in [0.15, 0.2) is 42.5 Å². The molecule has 2 aromatic carbocycles. The van der Waals surface area contributed by atoms with Crippen molar-refractivity contribution in [2.45, 2.75) is 6.54 Å². The van der Waals surface area contributed by atoms with Crippen LogP contribution in [0.3, 0.4) is 0 Å². The van der Waals surface area contributed by atoms with Gasteiger partial charge >= 0.3 is 0 Å². The first-order valence-electron chi connectivity index (χ1n) is 7.71. The second kappa shape index (κ2) is 7.43. The maximum absolute atomic E-state index is 6.28. The number of anilines is 1. The van der Waals surface area contributed by atoms with E-state index in [1.807, 2.05) is 30.3 Å². The molecule has 0 atom stereocenters. The van der Waals surface area contributed by atoms with Crippen LogP contribution in [0, 0.1) is 0 Å². The fourth-order valence-corrected chi connectivity index (χ4v) is 3.25. The van der Waals surface area contributed by atoms with E-state index < -0.39 is 0 Å². The van der Waals surface area contributed by atoms with Crippen molar-refractivity contribution in [1.29, 1.82) is 0 Å². The summed E-state index contributed by atoms with van der Waals surface area (Å²) in [6.07, 6.45) is 0. The maximum Gasteiger partial charge on any atom is 0.119 e. The molecular formula is C18H20Cl2N2O. The lowest BCUT2D eigenvalue weighted by atomic mass is 10.2. The second-order valence-electron chi connectivity index (χ2n) is 5.67. The molecule has 122 valence electrons. The number of halogens is 2. The molecule has 3 nitrogen and oxygen atoms in total. The molecule has 23 heavy (non-hydrogen) atoms. The Kier molecular flexibility index (Phi) is 5.31. The largest absolute Gasteiger partial charge is 0.497 e. The third kappa shape index (κ3) is 3.92. The zero-order valence-electron chi connectivity index (χ0n) is 13.1. The van der Waals surface area contributed by atoms with Gasteiger partial charge in [-0.3, -0.25) is 4.90 Å². The Morgan fingerprint density at radius 1 is 0.957 bits per heavy atom. The summed E-state index contributed by atoms with van der Waals surface area (Å²) in [5.41, 5.74) is 2.34. The Morgan fingerprint density at radius 2 is 1.65 bits per heavy atom. The van der Waals surface area contributed by atoms with Crippen molar-refractivity contribution in [3.05, 3.63) is 58.1 Å². The molecule has 0 radical (unpaired) electrons. The fraction of sp³-hybridized carbons (Fsp3) is 0.333. The first-order chi connectivity index (χ1) is 11.2. The van der Waals surface area contributed by atoms with Crippen molar-refractivity contribution in [1.82, 2.24) is 4.90 Å². The van der Waals surface area contributed by atoms with E-state index in [-0.39, 0.29) is 0 Å². The Hall–Kier alpha value is -1.42. The quantitative estimate of drug-likeness (QED) is 0.816. The minimum absolute atomic E-state index is 0.626. The van der Waals surface area contributed by atoms with Crippen LogP contribution in [0.1, 0.15) is 5.56 Å². The Morgan fingerprint density at radius 3 is 2.30 bits per heavy atom. The molecule has 0 unspecified atom stereocenters. The highest BCUT2D eigenvalue weighted by Crippen LogP contribution is 2.27. The van der Waals surface area contributed by atoms with Crippen LogP contribution in [0.5, 0.6) is 5.75 Å². The summed E-state index contributed by atoms with van der Waals surface area (Å²) in [5, 5.41) is 1.30. The smallest absolute Gasteiger partial charge is 0.119 e. The van der Waals surface area contributed by atoms with Gasteiger partial charge in [0.05, 0.1) is 17.2 Å². The summed E-state index contributed by atoms with van der Waals surface area (Å²) in [6.45, 7) is 4.87. The van der Waals surface area contributed by atoms with E-state index in [2.05, 4.69) is 21.9 Å². The fourth-order valence-electron chi connectivity index (χ4n) is 2.87. The third-order valence-corrected chi connectivity index (χ3v) is 5.09. The van der Waals surface area contributed by atoms with E-state index >= 15 is 0 Å². The molecule has 1 fully saturated rings. The van der Waals surface area contributed by atoms with Crippen molar-refractivity contribution in [2.75, 3.05) is 38.2 Å². The van der Waals surface area contributed by atoms with E-state index in [0.717, 1.165) is 44.0 Å². The number of hydrogen-bond donors (Lipinski definition) is 0. The van der Waals surface area contributed by atoms with Crippen molar-refractivity contribution in [3.8, 4) is 5.75 Å². The van der Waals surface area contributed by atoms with E-state index in [1.54, 1.807) is 7.11 Å². The van der Waals surface area contributed by atoms with Crippen molar-refractivity contribution in [2.24, 2.45) is 0 Å². The molecule has 2 aromatic rings. The van der Waals surface area contributed by atoms with Gasteiger partial charge in [-0.2, -0.15) is 0 Å². The maximum atomic E-state index is 6.28. The van der Waals surface area contributed by atoms with Crippen molar-refractivity contribution in [3.63, 3.8) is 0 Å². The zero-order valence-corrected chi connectivity index (χ0v) is 14.6. The van der Waals surface area contributed by atoms with Gasteiger partial charge in [0.25, 0.3) is 0 Å². The predicted octanol–water partition coefficient (Wildman–Crippen LogP) is 4.32. The number of benzene rings is 2. The third-order valence-electron chi connectivity index (χ3n) is 4.24. The highest BCUT2D eigenvalue weighted by atomic mass is 35.5. The van der Waals surface area contributed by atoms with Gasteiger partial charge in [0.2, 0.25) is 0 Å². The van der Waals surface area contributed by atoms with E-state index in [9.17, 15) is 0 Å². The highest BCUT2D eigenvalue weighted by Gasteiger charge is 2.18. The lowest BCUT2D eigenvalue weighted by Crippen LogP contribution is -2.46. The van der Waals surface area contributed by atoms with Gasteiger partial charge < -0.3 is 9.64 Å². The summed E-state index contributed by atoms with van der Waals surface area (Å²) in [7, 11) is 1.69. The molecule has 0 aliphatic carbocycles. The van der Waals surface area contributed by atoms with Crippen LogP contribution in [-0.4, -0.2) is 38.2 Å². The lowest BCUT2D eigenvalue weighted by molar-refractivity contribution is 0.250. The monoisotopic (exact) mass is 350 g/mol. The summed E-state index contributed by atoms with van der Waals surface area (Å²) >= 11 is 12.4. The summed E-state index contributed by atoms with van der Waals surface area (Å²) in [4.78, 5) is 4.81. The van der Waals surface area contributed by atoms with Gasteiger partial charge in [-0.15, -0.1) is 0 Å². The number of piperazine rings is 1. The number of hydrogen-bond acceptors (Lipinski definition) is 3. The van der Waals surface area contributed by atoms with Gasteiger partial charge in [-0.05, 0) is 35.9 Å². The van der Waals surface area contributed by atoms with Crippen molar-refractivity contribution >= 4 is 28.9 Å². The molecule has 0 aromatic heterocycles. The van der Waals surface area contributed by atoms with Crippen LogP contribution in [0.25, 0.3) is 0 Å². The lowest BCUT2D eigenvalue weighted by Gasteiger charge is -2.36. The minimum atomic E-state index is 0.626. The van der Waals surface area contributed by atoms with Gasteiger partial charge in [0.15, 0.2) is 0 Å². The van der Waals surface area contributed by atoms with E-state index in [0.29, 0.717) is 10.0 Å². The molecular weight excluding hydrogens is 331 g/mol. The molecule has 0 saturated carbocycles. The molecule has 3 rings (SSSR count). The van der Waals surface area contributed by atoms with E-state index in [1.165, 1.54) is 5.69 Å². The van der Waals surface area contributed by atoms with Gasteiger partial charge in [0.1, 0.15) is 5.75 Å². The Bertz CT molecular complexity index is 653. The second-order valence-corrected chi connectivity index (χ2v) is 6.46. The minimum Gasteiger partial charge on any atom is -0.497 e. The molecule has 1 aliphatic heterocycles. The molecule has 1 saturated heterocycles. The van der Waals surface area contributed by atoms with Crippen LogP contribution >= 0.6 is 23.2 Å². The molecule has 1 aliphatic rings. The van der Waals surface area contributed by atoms with Gasteiger partial charge in [0, 0.05) is 38.4 Å². The van der Waals surface area contributed by atoms with Gasteiger partial charge in [-0.1, -0.05) is 35.3 Å². The SMILES string of the molecule is COc1ccc(N2CCN(Cc3cccc(Cl)c3Cl)CC2)cc1. The molecule has 0 amide bonds. The molecule has 0 N–H and O–H groups in total. The topological polar surface area (TPSA) is 15.7 Å². The summed E-state index contributed by atoms with van der Waals surface area (Å²) < 4.78 is 5.21. The molecule has 0 spiro atoms. The zero-order chi connectivity index (χ0) is 16.2. The highest BCUT2D eigenvalue weighted by molar-refractivity contribution is 6.42. The van der Waals surface area contributed by atoms with Gasteiger partial charge in [-0.25, -0.2) is 0 Å².